The highest BCUT2D eigenvalue weighted by Crippen LogP contribution is 2.36. The topological polar surface area (TPSA) is 42.4 Å². The molecule has 18 heavy (non-hydrogen) atoms. The predicted octanol–water partition coefficient (Wildman–Crippen LogP) is 3.01. The van der Waals surface area contributed by atoms with E-state index in [1.807, 2.05) is 23.7 Å². The average molecular weight is 262 g/mol. The third kappa shape index (κ3) is 2.51. The Hall–Kier alpha value is -1.10. The molecule has 1 saturated carbocycles. The predicted molar refractivity (Wildman–Crippen MR) is 73.4 cm³/mol. The van der Waals surface area contributed by atoms with Crippen molar-refractivity contribution in [1.82, 2.24) is 4.90 Å². The van der Waals surface area contributed by atoms with Crippen LogP contribution in [0.5, 0.6) is 0 Å². The number of furan rings is 1. The van der Waals surface area contributed by atoms with Gasteiger partial charge in [0.15, 0.2) is 0 Å². The van der Waals surface area contributed by atoms with Crippen molar-refractivity contribution in [2.45, 2.75) is 31.5 Å². The zero-order valence-corrected chi connectivity index (χ0v) is 11.1. The Balaban J connectivity index is 1.79. The Morgan fingerprint density at radius 3 is 2.89 bits per heavy atom. The summed E-state index contributed by atoms with van der Waals surface area (Å²) in [5.41, 5.74) is 7.17. The molecule has 0 bridgehead atoms. The summed E-state index contributed by atoms with van der Waals surface area (Å²) in [6.07, 6.45) is 6.13. The Kier molecular flexibility index (Phi) is 3.50. The molecular weight excluding hydrogens is 244 g/mol. The Morgan fingerprint density at radius 2 is 2.33 bits per heavy atom. The van der Waals surface area contributed by atoms with Gasteiger partial charge < -0.3 is 10.2 Å². The summed E-state index contributed by atoms with van der Waals surface area (Å²) in [6, 6.07) is 7.30. The van der Waals surface area contributed by atoms with E-state index in [2.05, 4.69) is 22.4 Å². The molecule has 0 aromatic carbocycles. The van der Waals surface area contributed by atoms with Gasteiger partial charge in [-0.15, -0.1) is 11.3 Å². The lowest BCUT2D eigenvalue weighted by Crippen LogP contribution is -2.34. The minimum atomic E-state index is 0.276. The quantitative estimate of drug-likeness (QED) is 0.870. The molecule has 1 aliphatic carbocycles. The Morgan fingerprint density at radius 1 is 1.44 bits per heavy atom. The number of nitrogens with two attached hydrogens (primary N) is 1. The molecule has 0 amide bonds. The molecule has 0 aliphatic heterocycles. The summed E-state index contributed by atoms with van der Waals surface area (Å²) in [5, 5.41) is 2.13. The maximum Gasteiger partial charge on any atom is 0.0950 e. The second-order valence-corrected chi connectivity index (χ2v) is 5.82. The molecule has 1 fully saturated rings. The largest absolute Gasteiger partial charge is 0.472 e. The van der Waals surface area contributed by atoms with E-state index in [1.165, 1.54) is 23.3 Å². The van der Waals surface area contributed by atoms with Gasteiger partial charge >= 0.3 is 0 Å². The Labute approximate surface area is 111 Å². The van der Waals surface area contributed by atoms with Crippen LogP contribution in [0.15, 0.2) is 40.5 Å². The normalized spacial score (nSPS) is 17.2. The summed E-state index contributed by atoms with van der Waals surface area (Å²) in [7, 11) is 0. The molecule has 3 rings (SSSR count). The van der Waals surface area contributed by atoms with Crippen LogP contribution in [0, 0.1) is 0 Å². The highest BCUT2D eigenvalue weighted by molar-refractivity contribution is 7.09. The molecule has 0 radical (unpaired) electrons. The lowest BCUT2D eigenvalue weighted by molar-refractivity contribution is 0.183. The first-order valence-electron chi connectivity index (χ1n) is 6.39. The average Bonchev–Trinajstić information content (AvgIpc) is 2.89. The maximum atomic E-state index is 5.98. The fraction of sp³-hybridized carbons (Fsp3) is 0.429. The van der Waals surface area contributed by atoms with Crippen LogP contribution >= 0.6 is 11.3 Å². The van der Waals surface area contributed by atoms with Gasteiger partial charge in [0, 0.05) is 29.6 Å². The minimum Gasteiger partial charge on any atom is -0.472 e. The monoisotopic (exact) mass is 262 g/mol. The van der Waals surface area contributed by atoms with E-state index in [0.29, 0.717) is 12.6 Å². The number of thiophene rings is 1. The molecule has 4 heteroatoms. The summed E-state index contributed by atoms with van der Waals surface area (Å²) in [5.74, 6) is 0. The number of nitrogens with zero attached hydrogens (tertiary/aromatic N) is 1. The second-order valence-electron chi connectivity index (χ2n) is 4.79. The first kappa shape index (κ1) is 12.0. The lowest BCUT2D eigenvalue weighted by atomic mass is 10.1. The van der Waals surface area contributed by atoms with E-state index in [4.69, 9.17) is 10.2 Å². The molecule has 0 spiro atoms. The smallest absolute Gasteiger partial charge is 0.0950 e. The second kappa shape index (κ2) is 5.26. The molecule has 2 aromatic rings. The van der Waals surface area contributed by atoms with Gasteiger partial charge in [0.25, 0.3) is 0 Å². The van der Waals surface area contributed by atoms with Gasteiger partial charge in [-0.1, -0.05) is 6.07 Å². The Bertz CT molecular complexity index is 462. The van der Waals surface area contributed by atoms with Crippen molar-refractivity contribution < 1.29 is 4.42 Å². The van der Waals surface area contributed by atoms with Gasteiger partial charge in [-0.25, -0.2) is 0 Å². The summed E-state index contributed by atoms with van der Waals surface area (Å²) >= 11 is 1.82. The van der Waals surface area contributed by atoms with Crippen molar-refractivity contribution in [3.05, 3.63) is 46.5 Å². The molecule has 1 unspecified atom stereocenters. The van der Waals surface area contributed by atoms with E-state index >= 15 is 0 Å². The lowest BCUT2D eigenvalue weighted by Gasteiger charge is -2.30. The summed E-state index contributed by atoms with van der Waals surface area (Å²) < 4.78 is 5.20. The zero-order valence-electron chi connectivity index (χ0n) is 10.3. The number of hydrogen-bond acceptors (Lipinski definition) is 4. The van der Waals surface area contributed by atoms with E-state index in [9.17, 15) is 0 Å². The van der Waals surface area contributed by atoms with Crippen molar-refractivity contribution >= 4 is 11.3 Å². The number of hydrogen-bond donors (Lipinski definition) is 1. The summed E-state index contributed by atoms with van der Waals surface area (Å²) in [6.45, 7) is 1.64. The summed E-state index contributed by atoms with van der Waals surface area (Å²) in [4.78, 5) is 3.93. The third-order valence-corrected chi connectivity index (χ3v) is 4.35. The van der Waals surface area contributed by atoms with Gasteiger partial charge in [0.1, 0.15) is 0 Å². The molecule has 2 N–H and O–H groups in total. The first-order chi connectivity index (χ1) is 8.88. The van der Waals surface area contributed by atoms with Crippen LogP contribution in [-0.4, -0.2) is 17.5 Å². The van der Waals surface area contributed by atoms with Crippen LogP contribution in [0.25, 0.3) is 0 Å². The molecule has 2 aromatic heterocycles. The van der Waals surface area contributed by atoms with Gasteiger partial charge in [0.2, 0.25) is 0 Å². The van der Waals surface area contributed by atoms with Crippen LogP contribution in [0.1, 0.15) is 29.3 Å². The fourth-order valence-corrected chi connectivity index (χ4v) is 3.12. The van der Waals surface area contributed by atoms with Crippen molar-refractivity contribution in [1.29, 1.82) is 0 Å². The SMILES string of the molecule is NCC(c1ccoc1)N(Cc1cccs1)C1CC1. The molecule has 1 aliphatic rings. The fourth-order valence-electron chi connectivity index (χ4n) is 2.41. The molecule has 1 atom stereocenters. The van der Waals surface area contributed by atoms with Crippen LogP contribution in [0.2, 0.25) is 0 Å². The molecule has 96 valence electrons. The van der Waals surface area contributed by atoms with Crippen molar-refractivity contribution in [2.75, 3.05) is 6.54 Å². The van der Waals surface area contributed by atoms with E-state index < -0.39 is 0 Å². The molecular formula is C14H18N2OS. The number of rotatable bonds is 6. The van der Waals surface area contributed by atoms with Crippen molar-refractivity contribution in [3.8, 4) is 0 Å². The molecule has 3 nitrogen and oxygen atoms in total. The molecule has 2 heterocycles. The first-order valence-corrected chi connectivity index (χ1v) is 7.26. The standard InChI is InChI=1S/C14H18N2OS/c15-8-14(11-5-6-17-10-11)16(12-3-4-12)9-13-2-1-7-18-13/h1-2,5-7,10,12,14H,3-4,8-9,15H2. The van der Waals surface area contributed by atoms with E-state index in [1.54, 1.807) is 6.26 Å². The van der Waals surface area contributed by atoms with Crippen molar-refractivity contribution in [2.24, 2.45) is 5.73 Å². The van der Waals surface area contributed by atoms with Gasteiger partial charge in [0.05, 0.1) is 18.6 Å². The zero-order chi connectivity index (χ0) is 12.4. The van der Waals surface area contributed by atoms with E-state index in [-0.39, 0.29) is 6.04 Å². The maximum absolute atomic E-state index is 5.98. The highest BCUT2D eigenvalue weighted by Gasteiger charge is 2.34. The van der Waals surface area contributed by atoms with Crippen LogP contribution in [-0.2, 0) is 6.54 Å². The van der Waals surface area contributed by atoms with Crippen LogP contribution in [0.3, 0.4) is 0 Å². The van der Waals surface area contributed by atoms with Gasteiger partial charge in [-0.05, 0) is 30.4 Å². The van der Waals surface area contributed by atoms with E-state index in [0.717, 1.165) is 6.54 Å². The highest BCUT2D eigenvalue weighted by atomic mass is 32.1. The van der Waals surface area contributed by atoms with Crippen LogP contribution < -0.4 is 5.73 Å². The van der Waals surface area contributed by atoms with Crippen LogP contribution in [0.4, 0.5) is 0 Å². The third-order valence-electron chi connectivity index (χ3n) is 3.49. The van der Waals surface area contributed by atoms with Crippen molar-refractivity contribution in [3.63, 3.8) is 0 Å². The van der Waals surface area contributed by atoms with Gasteiger partial charge in [-0.2, -0.15) is 0 Å². The molecule has 0 saturated heterocycles. The minimum absolute atomic E-state index is 0.276. The van der Waals surface area contributed by atoms with Gasteiger partial charge in [-0.3, -0.25) is 4.90 Å².